The van der Waals surface area contributed by atoms with Gasteiger partial charge in [0.15, 0.2) is 11.6 Å². The molecule has 2 unspecified atom stereocenters. The van der Waals surface area contributed by atoms with Gasteiger partial charge in [-0.15, -0.1) is 0 Å². The Labute approximate surface area is 116 Å². The molecule has 0 aliphatic heterocycles. The van der Waals surface area contributed by atoms with Crippen LogP contribution in [0.3, 0.4) is 0 Å². The summed E-state index contributed by atoms with van der Waals surface area (Å²) in [5, 5.41) is 0. The zero-order valence-corrected chi connectivity index (χ0v) is 12.6. The molecule has 0 saturated heterocycles. The van der Waals surface area contributed by atoms with Crippen LogP contribution in [-0.2, 0) is 0 Å². The first-order valence-electron chi connectivity index (χ1n) is 5.27. The summed E-state index contributed by atoms with van der Waals surface area (Å²) in [4.78, 5) is 0.363. The highest BCUT2D eigenvalue weighted by Gasteiger charge is 2.49. The van der Waals surface area contributed by atoms with Crippen molar-refractivity contribution in [2.45, 2.75) is 31.2 Å². The third-order valence-corrected chi connectivity index (χ3v) is 5.42. The Hall–Kier alpha value is -0.160. The molecular weight excluding hydrogens is 358 g/mol. The Kier molecular flexibility index (Phi) is 3.51. The van der Waals surface area contributed by atoms with Crippen LogP contribution >= 0.6 is 31.9 Å². The second-order valence-corrected chi connectivity index (χ2v) is 6.79. The Balaban J connectivity index is 2.21. The summed E-state index contributed by atoms with van der Waals surface area (Å²) in [6.07, 6.45) is 0.749. The van der Waals surface area contributed by atoms with E-state index in [0.29, 0.717) is 9.30 Å². The molecule has 1 fully saturated rings. The number of rotatable bonds is 2. The van der Waals surface area contributed by atoms with Crippen LogP contribution in [-0.4, -0.2) is 10.9 Å². The second kappa shape index (κ2) is 4.50. The SMILES string of the molecule is CC1(C)C(Br)CC1Oc1c(F)cc(F)cc1Br. The third-order valence-electron chi connectivity index (χ3n) is 3.28. The minimum absolute atomic E-state index is 0.0553. The van der Waals surface area contributed by atoms with Crippen molar-refractivity contribution in [3.8, 4) is 5.75 Å². The minimum atomic E-state index is -0.675. The Bertz CT molecular complexity index is 425. The summed E-state index contributed by atoms with van der Waals surface area (Å²) in [7, 11) is 0. The van der Waals surface area contributed by atoms with E-state index in [1.54, 1.807) is 0 Å². The van der Waals surface area contributed by atoms with Gasteiger partial charge in [0.1, 0.15) is 11.9 Å². The molecule has 1 nitrogen and oxygen atoms in total. The Morgan fingerprint density at radius 2 is 2.00 bits per heavy atom. The van der Waals surface area contributed by atoms with Gasteiger partial charge in [0, 0.05) is 16.3 Å². The van der Waals surface area contributed by atoms with Crippen LogP contribution in [0.2, 0.25) is 0 Å². The summed E-state index contributed by atoms with van der Waals surface area (Å²) < 4.78 is 32.4. The Morgan fingerprint density at radius 3 is 2.47 bits per heavy atom. The first-order valence-corrected chi connectivity index (χ1v) is 6.98. The van der Waals surface area contributed by atoms with E-state index >= 15 is 0 Å². The molecule has 0 aromatic heterocycles. The quantitative estimate of drug-likeness (QED) is 0.688. The fraction of sp³-hybridized carbons (Fsp3) is 0.500. The van der Waals surface area contributed by atoms with Crippen molar-refractivity contribution in [2.24, 2.45) is 5.41 Å². The lowest BCUT2D eigenvalue weighted by molar-refractivity contribution is -0.0108. The molecule has 2 rings (SSSR count). The van der Waals surface area contributed by atoms with E-state index in [-0.39, 0.29) is 17.3 Å². The first kappa shape index (κ1) is 13.3. The number of benzene rings is 1. The molecule has 0 N–H and O–H groups in total. The van der Waals surface area contributed by atoms with Crippen molar-refractivity contribution in [1.82, 2.24) is 0 Å². The molecule has 0 radical (unpaired) electrons. The van der Waals surface area contributed by atoms with Gasteiger partial charge in [0.05, 0.1) is 4.47 Å². The third kappa shape index (κ3) is 2.36. The molecule has 0 heterocycles. The number of halogens is 4. The molecule has 2 atom stereocenters. The maximum atomic E-state index is 13.6. The predicted molar refractivity (Wildman–Crippen MR) is 69.6 cm³/mol. The Morgan fingerprint density at radius 1 is 1.35 bits per heavy atom. The first-order chi connectivity index (χ1) is 7.82. The van der Waals surface area contributed by atoms with Crippen LogP contribution in [0.1, 0.15) is 20.3 Å². The van der Waals surface area contributed by atoms with Gasteiger partial charge in [-0.1, -0.05) is 29.8 Å². The van der Waals surface area contributed by atoms with Crippen molar-refractivity contribution in [1.29, 1.82) is 0 Å². The van der Waals surface area contributed by atoms with E-state index < -0.39 is 11.6 Å². The molecular formula is C12H12Br2F2O. The average molecular weight is 370 g/mol. The molecule has 0 amide bonds. The highest BCUT2D eigenvalue weighted by atomic mass is 79.9. The second-order valence-electron chi connectivity index (χ2n) is 4.83. The van der Waals surface area contributed by atoms with E-state index in [2.05, 4.69) is 45.7 Å². The molecule has 0 bridgehead atoms. The van der Waals surface area contributed by atoms with Gasteiger partial charge in [-0.05, 0) is 28.4 Å². The van der Waals surface area contributed by atoms with Crippen molar-refractivity contribution in [2.75, 3.05) is 0 Å². The van der Waals surface area contributed by atoms with Crippen LogP contribution < -0.4 is 4.74 Å². The van der Waals surface area contributed by atoms with Crippen LogP contribution in [0.25, 0.3) is 0 Å². The molecule has 1 aliphatic rings. The monoisotopic (exact) mass is 368 g/mol. The average Bonchev–Trinajstić information content (AvgIpc) is 2.21. The molecule has 5 heteroatoms. The maximum Gasteiger partial charge on any atom is 0.169 e. The van der Waals surface area contributed by atoms with E-state index in [1.807, 2.05) is 0 Å². The van der Waals surface area contributed by atoms with Crippen LogP contribution in [0.4, 0.5) is 8.78 Å². The topological polar surface area (TPSA) is 9.23 Å². The number of ether oxygens (including phenoxy) is 1. The number of hydrogen-bond acceptors (Lipinski definition) is 1. The van der Waals surface area contributed by atoms with Crippen LogP contribution in [0.15, 0.2) is 16.6 Å². The molecule has 17 heavy (non-hydrogen) atoms. The van der Waals surface area contributed by atoms with Gasteiger partial charge in [-0.3, -0.25) is 0 Å². The van der Waals surface area contributed by atoms with E-state index in [9.17, 15) is 8.78 Å². The predicted octanol–water partition coefficient (Wildman–Crippen LogP) is 4.67. The largest absolute Gasteiger partial charge is 0.486 e. The highest BCUT2D eigenvalue weighted by molar-refractivity contribution is 9.10. The van der Waals surface area contributed by atoms with Gasteiger partial charge in [-0.25, -0.2) is 8.78 Å². The molecule has 1 aromatic rings. The van der Waals surface area contributed by atoms with Gasteiger partial charge in [0.2, 0.25) is 0 Å². The van der Waals surface area contributed by atoms with Crippen molar-refractivity contribution in [3.05, 3.63) is 28.2 Å². The summed E-state index contributed by atoms with van der Waals surface area (Å²) in [5.41, 5.74) is -0.0553. The maximum absolute atomic E-state index is 13.6. The normalized spacial score (nSPS) is 26.5. The fourth-order valence-corrected chi connectivity index (χ4v) is 2.96. The lowest BCUT2D eigenvalue weighted by Gasteiger charge is -2.48. The fourth-order valence-electron chi connectivity index (χ4n) is 1.82. The lowest BCUT2D eigenvalue weighted by Crippen LogP contribution is -2.53. The lowest BCUT2D eigenvalue weighted by atomic mass is 9.69. The summed E-state index contributed by atoms with van der Waals surface area (Å²) in [5.74, 6) is -1.21. The highest BCUT2D eigenvalue weighted by Crippen LogP contribution is 2.48. The summed E-state index contributed by atoms with van der Waals surface area (Å²) >= 11 is 6.65. The molecule has 94 valence electrons. The standard InChI is InChI=1S/C12H12Br2F2O/c1-12(2)9(14)5-10(12)17-11-7(13)3-6(15)4-8(11)16/h3-4,9-10H,5H2,1-2H3. The van der Waals surface area contributed by atoms with E-state index in [4.69, 9.17) is 4.74 Å². The van der Waals surface area contributed by atoms with Gasteiger partial charge < -0.3 is 4.74 Å². The van der Waals surface area contributed by atoms with E-state index in [1.165, 1.54) is 6.07 Å². The van der Waals surface area contributed by atoms with E-state index in [0.717, 1.165) is 12.5 Å². The van der Waals surface area contributed by atoms with Crippen LogP contribution in [0, 0.1) is 17.0 Å². The molecule has 1 saturated carbocycles. The van der Waals surface area contributed by atoms with Gasteiger partial charge >= 0.3 is 0 Å². The number of alkyl halides is 1. The zero-order valence-electron chi connectivity index (χ0n) is 9.44. The molecule has 1 aromatic carbocycles. The smallest absolute Gasteiger partial charge is 0.169 e. The van der Waals surface area contributed by atoms with Gasteiger partial charge in [-0.2, -0.15) is 0 Å². The van der Waals surface area contributed by atoms with Gasteiger partial charge in [0.25, 0.3) is 0 Å². The molecule has 1 aliphatic carbocycles. The minimum Gasteiger partial charge on any atom is -0.486 e. The zero-order chi connectivity index (χ0) is 12.8. The number of hydrogen-bond donors (Lipinski definition) is 0. The summed E-state index contributed by atoms with van der Waals surface area (Å²) in [6.45, 7) is 4.10. The van der Waals surface area contributed by atoms with Crippen molar-refractivity contribution in [3.63, 3.8) is 0 Å². The van der Waals surface area contributed by atoms with Crippen molar-refractivity contribution >= 4 is 31.9 Å². The molecule has 0 spiro atoms. The van der Waals surface area contributed by atoms with Crippen molar-refractivity contribution < 1.29 is 13.5 Å². The van der Waals surface area contributed by atoms with Crippen LogP contribution in [0.5, 0.6) is 5.75 Å². The summed E-state index contributed by atoms with van der Waals surface area (Å²) in [6, 6.07) is 2.03.